The summed E-state index contributed by atoms with van der Waals surface area (Å²) in [7, 11) is 0. The fraction of sp³-hybridized carbons (Fsp3) is 0.562. The van der Waals surface area contributed by atoms with Crippen LogP contribution >= 0.6 is 0 Å². The van der Waals surface area contributed by atoms with Gasteiger partial charge in [0, 0.05) is 19.2 Å². The average Bonchev–Trinajstić information content (AvgIpc) is 2.46. The van der Waals surface area contributed by atoms with E-state index < -0.39 is 0 Å². The molecular weight excluding hydrogens is 236 g/mol. The lowest BCUT2D eigenvalue weighted by molar-refractivity contribution is -0.0781. The summed E-state index contributed by atoms with van der Waals surface area (Å²) in [5, 5.41) is 12.4. The Kier molecular flexibility index (Phi) is 4.57. The molecule has 1 aromatic rings. The topological polar surface area (TPSA) is 45.0 Å². The second-order valence-corrected chi connectivity index (χ2v) is 5.53. The summed E-state index contributed by atoms with van der Waals surface area (Å²) in [6.45, 7) is 6.08. The number of hydrogen-bond acceptors (Lipinski definition) is 3. The molecule has 1 aromatic carbocycles. The number of rotatable bonds is 4. The van der Waals surface area contributed by atoms with Crippen LogP contribution in [0.25, 0.3) is 0 Å². The third kappa shape index (κ3) is 3.79. The quantitative estimate of drug-likeness (QED) is 0.903. The smallest absolute Gasteiger partial charge is 0.0991 e. The van der Waals surface area contributed by atoms with E-state index in [1.807, 2.05) is 24.3 Å². The van der Waals surface area contributed by atoms with E-state index in [1.165, 1.54) is 5.56 Å². The number of ether oxygens (including phenoxy) is 1. The third-order valence-electron chi connectivity index (χ3n) is 4.02. The summed E-state index contributed by atoms with van der Waals surface area (Å²) >= 11 is 0. The second-order valence-electron chi connectivity index (χ2n) is 5.53. The van der Waals surface area contributed by atoms with Crippen molar-refractivity contribution in [3.05, 3.63) is 35.4 Å². The normalized spacial score (nSPS) is 26.9. The van der Waals surface area contributed by atoms with E-state index in [0.717, 1.165) is 32.4 Å². The first-order valence-electron chi connectivity index (χ1n) is 7.01. The van der Waals surface area contributed by atoms with E-state index in [1.54, 1.807) is 0 Å². The predicted molar refractivity (Wildman–Crippen MR) is 75.7 cm³/mol. The molecule has 0 amide bonds. The van der Waals surface area contributed by atoms with Crippen molar-refractivity contribution in [3.63, 3.8) is 0 Å². The number of nitrogens with one attached hydrogen (secondary N) is 1. The van der Waals surface area contributed by atoms with Crippen LogP contribution in [0.15, 0.2) is 24.3 Å². The van der Waals surface area contributed by atoms with E-state index in [0.29, 0.717) is 11.6 Å². The van der Waals surface area contributed by atoms with Gasteiger partial charge in [0.1, 0.15) is 0 Å². The van der Waals surface area contributed by atoms with Gasteiger partial charge in [-0.15, -0.1) is 0 Å². The minimum absolute atomic E-state index is 0.0284. The number of benzene rings is 1. The molecule has 1 aliphatic heterocycles. The molecule has 0 saturated carbocycles. The van der Waals surface area contributed by atoms with Gasteiger partial charge in [-0.1, -0.05) is 19.1 Å². The first kappa shape index (κ1) is 14.0. The largest absolute Gasteiger partial charge is 0.375 e. The summed E-state index contributed by atoms with van der Waals surface area (Å²) in [4.78, 5) is 0. The molecule has 1 fully saturated rings. The van der Waals surface area contributed by atoms with Crippen molar-refractivity contribution in [2.24, 2.45) is 0 Å². The van der Waals surface area contributed by atoms with Gasteiger partial charge >= 0.3 is 0 Å². The van der Waals surface area contributed by atoms with Crippen molar-refractivity contribution in [3.8, 4) is 6.07 Å². The van der Waals surface area contributed by atoms with Crippen LogP contribution in [0.5, 0.6) is 0 Å². The summed E-state index contributed by atoms with van der Waals surface area (Å²) in [5.41, 5.74) is 1.97. The van der Waals surface area contributed by atoms with Gasteiger partial charge in [0.2, 0.25) is 0 Å². The van der Waals surface area contributed by atoms with Crippen molar-refractivity contribution < 1.29 is 4.74 Å². The molecule has 2 rings (SSSR count). The molecular formula is C16H22N2O. The lowest BCUT2D eigenvalue weighted by Gasteiger charge is -2.38. The SMILES string of the molecule is CCC1(C)CC(NCc2ccc(C#N)cc2)CCO1. The zero-order valence-electron chi connectivity index (χ0n) is 11.8. The van der Waals surface area contributed by atoms with Crippen molar-refractivity contribution >= 4 is 0 Å². The Balaban J connectivity index is 1.86. The molecule has 3 heteroatoms. The first-order chi connectivity index (χ1) is 9.15. The highest BCUT2D eigenvalue weighted by Crippen LogP contribution is 2.27. The lowest BCUT2D eigenvalue weighted by atomic mass is 9.90. The number of nitriles is 1. The van der Waals surface area contributed by atoms with Crippen LogP contribution in [0.2, 0.25) is 0 Å². The van der Waals surface area contributed by atoms with Gasteiger partial charge in [-0.3, -0.25) is 0 Å². The molecule has 2 atom stereocenters. The van der Waals surface area contributed by atoms with Crippen LogP contribution in [-0.4, -0.2) is 18.2 Å². The van der Waals surface area contributed by atoms with Gasteiger partial charge in [-0.25, -0.2) is 0 Å². The molecule has 19 heavy (non-hydrogen) atoms. The van der Waals surface area contributed by atoms with E-state index >= 15 is 0 Å². The van der Waals surface area contributed by atoms with Gasteiger partial charge in [-0.05, 0) is 43.9 Å². The standard InChI is InChI=1S/C16H22N2O/c1-3-16(2)10-15(8-9-19-16)18-12-14-6-4-13(11-17)5-7-14/h4-7,15,18H,3,8-10,12H2,1-2H3. The van der Waals surface area contributed by atoms with Gasteiger partial charge in [0.15, 0.2) is 0 Å². The van der Waals surface area contributed by atoms with Crippen molar-refractivity contribution in [2.45, 2.75) is 51.3 Å². The average molecular weight is 258 g/mol. The minimum atomic E-state index is 0.0284. The molecule has 1 N–H and O–H groups in total. The summed E-state index contributed by atoms with van der Waals surface area (Å²) in [6, 6.07) is 10.4. The molecule has 0 radical (unpaired) electrons. The van der Waals surface area contributed by atoms with E-state index in [-0.39, 0.29) is 5.60 Å². The highest BCUT2D eigenvalue weighted by molar-refractivity contribution is 5.31. The zero-order chi connectivity index (χ0) is 13.7. The molecule has 1 saturated heterocycles. The molecule has 1 heterocycles. The highest BCUT2D eigenvalue weighted by atomic mass is 16.5. The summed E-state index contributed by atoms with van der Waals surface area (Å²) in [5.74, 6) is 0. The summed E-state index contributed by atoms with van der Waals surface area (Å²) in [6.07, 6.45) is 3.20. The number of hydrogen-bond donors (Lipinski definition) is 1. The Morgan fingerprint density at radius 3 is 2.79 bits per heavy atom. The fourth-order valence-electron chi connectivity index (χ4n) is 2.51. The van der Waals surface area contributed by atoms with E-state index in [9.17, 15) is 0 Å². The van der Waals surface area contributed by atoms with Crippen LogP contribution in [-0.2, 0) is 11.3 Å². The maximum absolute atomic E-state index is 8.77. The van der Waals surface area contributed by atoms with Crippen molar-refractivity contribution in [1.82, 2.24) is 5.32 Å². The lowest BCUT2D eigenvalue weighted by Crippen LogP contribution is -2.44. The van der Waals surface area contributed by atoms with Gasteiger partial charge in [-0.2, -0.15) is 5.26 Å². The van der Waals surface area contributed by atoms with E-state index in [2.05, 4.69) is 25.2 Å². The second kappa shape index (κ2) is 6.18. The van der Waals surface area contributed by atoms with Crippen LogP contribution in [0, 0.1) is 11.3 Å². The fourth-order valence-corrected chi connectivity index (χ4v) is 2.51. The minimum Gasteiger partial charge on any atom is -0.375 e. The zero-order valence-corrected chi connectivity index (χ0v) is 11.8. The molecule has 0 aromatic heterocycles. The van der Waals surface area contributed by atoms with Gasteiger partial charge in [0.05, 0.1) is 17.2 Å². The van der Waals surface area contributed by atoms with Crippen LogP contribution in [0.4, 0.5) is 0 Å². The maximum Gasteiger partial charge on any atom is 0.0991 e. The van der Waals surface area contributed by atoms with Gasteiger partial charge < -0.3 is 10.1 Å². The Bertz CT molecular complexity index is 449. The molecule has 0 bridgehead atoms. The molecule has 2 unspecified atom stereocenters. The molecule has 3 nitrogen and oxygen atoms in total. The van der Waals surface area contributed by atoms with E-state index in [4.69, 9.17) is 10.00 Å². The Morgan fingerprint density at radius 2 is 2.16 bits per heavy atom. The highest BCUT2D eigenvalue weighted by Gasteiger charge is 2.31. The molecule has 1 aliphatic rings. The van der Waals surface area contributed by atoms with Crippen LogP contribution in [0.3, 0.4) is 0 Å². The third-order valence-corrected chi connectivity index (χ3v) is 4.02. The van der Waals surface area contributed by atoms with Crippen LogP contribution in [0.1, 0.15) is 44.2 Å². The monoisotopic (exact) mass is 258 g/mol. The summed E-state index contributed by atoms with van der Waals surface area (Å²) < 4.78 is 5.85. The molecule has 102 valence electrons. The molecule has 0 aliphatic carbocycles. The van der Waals surface area contributed by atoms with Gasteiger partial charge in [0.25, 0.3) is 0 Å². The van der Waals surface area contributed by atoms with Crippen molar-refractivity contribution in [1.29, 1.82) is 5.26 Å². The predicted octanol–water partition coefficient (Wildman–Crippen LogP) is 3.00. The number of nitrogens with zero attached hydrogens (tertiary/aromatic N) is 1. The first-order valence-corrected chi connectivity index (χ1v) is 7.01. The van der Waals surface area contributed by atoms with Crippen LogP contribution < -0.4 is 5.32 Å². The Labute approximate surface area is 115 Å². The Hall–Kier alpha value is -1.37. The Morgan fingerprint density at radius 1 is 1.42 bits per heavy atom. The maximum atomic E-state index is 8.77. The molecule has 0 spiro atoms. The van der Waals surface area contributed by atoms with Crippen molar-refractivity contribution in [2.75, 3.05) is 6.61 Å².